The van der Waals surface area contributed by atoms with Gasteiger partial charge in [-0.2, -0.15) is 0 Å². The van der Waals surface area contributed by atoms with E-state index in [0.717, 1.165) is 25.7 Å². The number of ketones is 1. The summed E-state index contributed by atoms with van der Waals surface area (Å²) >= 11 is 5.71. The summed E-state index contributed by atoms with van der Waals surface area (Å²) in [6.45, 7) is 0.355. The lowest BCUT2D eigenvalue weighted by Crippen LogP contribution is -2.37. The first kappa shape index (κ1) is 13.5. The van der Waals surface area contributed by atoms with E-state index in [1.807, 2.05) is 0 Å². The first-order valence-corrected chi connectivity index (χ1v) is 6.63. The monoisotopic (exact) mass is 269 g/mol. The quantitative estimate of drug-likeness (QED) is 0.913. The van der Waals surface area contributed by atoms with Crippen LogP contribution in [0.4, 0.5) is 4.39 Å². The highest BCUT2D eigenvalue weighted by Crippen LogP contribution is 2.39. The molecule has 1 fully saturated rings. The SMILES string of the molecule is NCC1(C(=O)Cc2cccc(Cl)c2F)CCCC1. The van der Waals surface area contributed by atoms with Crippen LogP contribution in [0.25, 0.3) is 0 Å². The number of nitrogens with two attached hydrogens (primary N) is 1. The van der Waals surface area contributed by atoms with Crippen molar-refractivity contribution in [2.75, 3.05) is 6.54 Å². The molecule has 0 heterocycles. The highest BCUT2D eigenvalue weighted by Gasteiger charge is 2.39. The van der Waals surface area contributed by atoms with E-state index in [-0.39, 0.29) is 17.2 Å². The average Bonchev–Trinajstić information content (AvgIpc) is 2.85. The number of Topliss-reactive ketones (excluding diaryl/α,β-unsaturated/α-hetero) is 1. The van der Waals surface area contributed by atoms with Crippen molar-refractivity contribution in [3.8, 4) is 0 Å². The second kappa shape index (κ2) is 5.37. The minimum Gasteiger partial charge on any atom is -0.329 e. The summed E-state index contributed by atoms with van der Waals surface area (Å²) in [6, 6.07) is 4.76. The molecular formula is C14H17ClFNO. The molecule has 0 amide bonds. The van der Waals surface area contributed by atoms with Crippen molar-refractivity contribution in [1.82, 2.24) is 0 Å². The predicted octanol–water partition coefficient (Wildman–Crippen LogP) is 3.11. The second-order valence-electron chi connectivity index (χ2n) is 5.00. The van der Waals surface area contributed by atoms with Crippen LogP contribution in [0, 0.1) is 11.2 Å². The Balaban J connectivity index is 2.18. The molecule has 18 heavy (non-hydrogen) atoms. The van der Waals surface area contributed by atoms with Gasteiger partial charge in [-0.15, -0.1) is 0 Å². The molecule has 0 aromatic heterocycles. The molecule has 1 aromatic rings. The Bertz CT molecular complexity index is 455. The Hall–Kier alpha value is -0.930. The summed E-state index contributed by atoms with van der Waals surface area (Å²) in [5.74, 6) is -0.443. The first-order chi connectivity index (χ1) is 8.59. The minimum absolute atomic E-state index is 0.0451. The fraction of sp³-hybridized carbons (Fsp3) is 0.500. The fourth-order valence-electron chi connectivity index (χ4n) is 2.69. The predicted molar refractivity (Wildman–Crippen MR) is 70.1 cm³/mol. The van der Waals surface area contributed by atoms with Gasteiger partial charge in [0.25, 0.3) is 0 Å². The molecule has 0 bridgehead atoms. The van der Waals surface area contributed by atoms with Crippen molar-refractivity contribution in [3.05, 3.63) is 34.6 Å². The van der Waals surface area contributed by atoms with Crippen LogP contribution in [0.2, 0.25) is 5.02 Å². The van der Waals surface area contributed by atoms with E-state index >= 15 is 0 Å². The number of benzene rings is 1. The summed E-state index contributed by atoms with van der Waals surface area (Å²) < 4.78 is 13.8. The highest BCUT2D eigenvalue weighted by atomic mass is 35.5. The third kappa shape index (κ3) is 2.43. The van der Waals surface area contributed by atoms with Crippen LogP contribution in [0.15, 0.2) is 18.2 Å². The van der Waals surface area contributed by atoms with Gasteiger partial charge >= 0.3 is 0 Å². The van der Waals surface area contributed by atoms with Crippen molar-refractivity contribution in [1.29, 1.82) is 0 Å². The van der Waals surface area contributed by atoms with Crippen molar-refractivity contribution in [3.63, 3.8) is 0 Å². The van der Waals surface area contributed by atoms with E-state index in [0.29, 0.717) is 12.1 Å². The van der Waals surface area contributed by atoms with Crippen LogP contribution >= 0.6 is 11.6 Å². The Morgan fingerprint density at radius 1 is 1.39 bits per heavy atom. The molecule has 2 nitrogen and oxygen atoms in total. The van der Waals surface area contributed by atoms with Gasteiger partial charge in [-0.05, 0) is 24.5 Å². The third-order valence-electron chi connectivity index (χ3n) is 3.93. The molecule has 2 N–H and O–H groups in total. The Kier molecular flexibility index (Phi) is 4.03. The van der Waals surface area contributed by atoms with E-state index in [1.54, 1.807) is 12.1 Å². The molecule has 1 aromatic carbocycles. The molecule has 0 aliphatic heterocycles. The number of carbonyl (C=O) groups is 1. The first-order valence-electron chi connectivity index (χ1n) is 6.25. The summed E-state index contributed by atoms with van der Waals surface area (Å²) in [7, 11) is 0. The lowest BCUT2D eigenvalue weighted by molar-refractivity contribution is -0.127. The Morgan fingerprint density at radius 2 is 2.06 bits per heavy atom. The maximum Gasteiger partial charge on any atom is 0.145 e. The summed E-state index contributed by atoms with van der Waals surface area (Å²) in [4.78, 5) is 12.3. The van der Waals surface area contributed by atoms with E-state index in [4.69, 9.17) is 17.3 Å². The largest absolute Gasteiger partial charge is 0.329 e. The van der Waals surface area contributed by atoms with Crippen molar-refractivity contribution in [2.45, 2.75) is 32.1 Å². The molecular weight excluding hydrogens is 253 g/mol. The standard InChI is InChI=1S/C14H17ClFNO/c15-11-5-3-4-10(13(11)16)8-12(18)14(9-17)6-1-2-7-14/h3-5H,1-2,6-9,17H2. The zero-order valence-corrected chi connectivity index (χ0v) is 11.0. The topological polar surface area (TPSA) is 43.1 Å². The van der Waals surface area contributed by atoms with Crippen LogP contribution < -0.4 is 5.73 Å². The maximum absolute atomic E-state index is 13.8. The summed E-state index contributed by atoms with van der Waals surface area (Å²) in [5.41, 5.74) is 5.68. The fourth-order valence-corrected chi connectivity index (χ4v) is 2.89. The Morgan fingerprint density at radius 3 is 2.67 bits per heavy atom. The second-order valence-corrected chi connectivity index (χ2v) is 5.41. The third-order valence-corrected chi connectivity index (χ3v) is 4.22. The van der Waals surface area contributed by atoms with Gasteiger partial charge in [0, 0.05) is 18.4 Å². The van der Waals surface area contributed by atoms with E-state index < -0.39 is 11.2 Å². The van der Waals surface area contributed by atoms with Crippen molar-refractivity contribution >= 4 is 17.4 Å². The van der Waals surface area contributed by atoms with Crippen LogP contribution in [0.1, 0.15) is 31.2 Å². The van der Waals surface area contributed by atoms with Crippen LogP contribution in [0.3, 0.4) is 0 Å². The molecule has 4 heteroatoms. The van der Waals surface area contributed by atoms with Crippen LogP contribution in [0.5, 0.6) is 0 Å². The maximum atomic E-state index is 13.8. The lowest BCUT2D eigenvalue weighted by Gasteiger charge is -2.25. The number of hydrogen-bond acceptors (Lipinski definition) is 2. The van der Waals surface area contributed by atoms with Crippen molar-refractivity contribution < 1.29 is 9.18 Å². The zero-order chi connectivity index (χ0) is 13.2. The molecule has 0 radical (unpaired) electrons. The van der Waals surface area contributed by atoms with Gasteiger partial charge in [-0.3, -0.25) is 4.79 Å². The normalized spacial score (nSPS) is 17.9. The zero-order valence-electron chi connectivity index (χ0n) is 10.2. The van der Waals surface area contributed by atoms with Crippen LogP contribution in [-0.2, 0) is 11.2 Å². The van der Waals surface area contributed by atoms with Crippen LogP contribution in [-0.4, -0.2) is 12.3 Å². The molecule has 1 saturated carbocycles. The van der Waals surface area contributed by atoms with E-state index in [2.05, 4.69) is 0 Å². The van der Waals surface area contributed by atoms with Gasteiger partial charge in [0.15, 0.2) is 0 Å². The molecule has 0 saturated heterocycles. The molecule has 0 spiro atoms. The van der Waals surface area contributed by atoms with E-state index in [9.17, 15) is 9.18 Å². The molecule has 1 aliphatic carbocycles. The minimum atomic E-state index is -0.488. The lowest BCUT2D eigenvalue weighted by atomic mass is 9.79. The number of halogens is 2. The van der Waals surface area contributed by atoms with Gasteiger partial charge in [0.05, 0.1) is 5.02 Å². The molecule has 0 unspecified atom stereocenters. The van der Waals surface area contributed by atoms with Gasteiger partial charge in [0.1, 0.15) is 11.6 Å². The van der Waals surface area contributed by atoms with E-state index in [1.165, 1.54) is 6.07 Å². The van der Waals surface area contributed by atoms with Crippen molar-refractivity contribution in [2.24, 2.45) is 11.1 Å². The number of hydrogen-bond donors (Lipinski definition) is 1. The highest BCUT2D eigenvalue weighted by molar-refractivity contribution is 6.30. The summed E-state index contributed by atoms with van der Waals surface area (Å²) in [5, 5.41) is 0.0634. The number of rotatable bonds is 4. The molecule has 2 rings (SSSR count). The molecule has 1 aliphatic rings. The van der Waals surface area contributed by atoms with Gasteiger partial charge < -0.3 is 5.73 Å². The smallest absolute Gasteiger partial charge is 0.145 e. The van der Waals surface area contributed by atoms with Gasteiger partial charge in [-0.25, -0.2) is 4.39 Å². The van der Waals surface area contributed by atoms with Gasteiger partial charge in [0.2, 0.25) is 0 Å². The molecule has 98 valence electrons. The number of carbonyl (C=O) groups excluding carboxylic acids is 1. The summed E-state index contributed by atoms with van der Waals surface area (Å²) in [6.07, 6.45) is 3.79. The average molecular weight is 270 g/mol. The Labute approximate surface area is 111 Å². The molecule has 0 atom stereocenters. The van der Waals surface area contributed by atoms with Gasteiger partial charge in [-0.1, -0.05) is 36.6 Å².